The summed E-state index contributed by atoms with van der Waals surface area (Å²) < 4.78 is 1.15. The molecular formula is C11H13BrN2. The van der Waals surface area contributed by atoms with Gasteiger partial charge in [0.25, 0.3) is 0 Å². The second-order valence-electron chi connectivity index (χ2n) is 3.51. The van der Waals surface area contributed by atoms with Crippen LogP contribution in [0.2, 0.25) is 0 Å². The Kier molecular flexibility index (Phi) is 2.61. The van der Waals surface area contributed by atoms with Gasteiger partial charge in [0.2, 0.25) is 0 Å². The lowest BCUT2D eigenvalue weighted by Gasteiger charge is -1.94. The van der Waals surface area contributed by atoms with E-state index < -0.39 is 0 Å². The quantitative estimate of drug-likeness (QED) is 0.848. The number of aryl methyl sites for hydroxylation is 1. The molecule has 2 nitrogen and oxygen atoms in total. The van der Waals surface area contributed by atoms with E-state index in [9.17, 15) is 0 Å². The number of aromatic amines is 1. The first-order valence-corrected chi connectivity index (χ1v) is 5.48. The van der Waals surface area contributed by atoms with E-state index in [0.29, 0.717) is 6.54 Å². The molecule has 0 fully saturated rings. The highest BCUT2D eigenvalue weighted by Crippen LogP contribution is 2.28. The van der Waals surface area contributed by atoms with Gasteiger partial charge < -0.3 is 10.7 Å². The van der Waals surface area contributed by atoms with E-state index in [1.165, 1.54) is 22.2 Å². The molecule has 0 bridgehead atoms. The zero-order valence-electron chi connectivity index (χ0n) is 8.10. The molecule has 1 aromatic carbocycles. The average Bonchev–Trinajstić information content (AvgIpc) is 2.46. The summed E-state index contributed by atoms with van der Waals surface area (Å²) in [6.45, 7) is 2.77. The van der Waals surface area contributed by atoms with Crippen molar-refractivity contribution in [1.29, 1.82) is 0 Å². The highest BCUT2D eigenvalue weighted by molar-refractivity contribution is 9.10. The second kappa shape index (κ2) is 3.75. The molecule has 1 aromatic heterocycles. The van der Waals surface area contributed by atoms with Crippen LogP contribution in [0, 0.1) is 6.92 Å². The predicted molar refractivity (Wildman–Crippen MR) is 63.5 cm³/mol. The molecule has 0 aliphatic heterocycles. The number of nitrogens with two attached hydrogens (primary N) is 1. The molecule has 0 spiro atoms. The number of aromatic nitrogens is 1. The lowest BCUT2D eigenvalue weighted by atomic mass is 10.2. The summed E-state index contributed by atoms with van der Waals surface area (Å²) in [5, 5.41) is 1.24. The second-order valence-corrected chi connectivity index (χ2v) is 4.30. The van der Waals surface area contributed by atoms with Crippen LogP contribution in [0.4, 0.5) is 0 Å². The summed E-state index contributed by atoms with van der Waals surface area (Å²) in [7, 11) is 0. The Bertz CT molecular complexity index is 460. The Morgan fingerprint density at radius 1 is 1.43 bits per heavy atom. The Morgan fingerprint density at radius 2 is 2.21 bits per heavy atom. The van der Waals surface area contributed by atoms with E-state index in [-0.39, 0.29) is 0 Å². The maximum Gasteiger partial charge on any atom is 0.0468 e. The van der Waals surface area contributed by atoms with Crippen molar-refractivity contribution >= 4 is 26.8 Å². The monoisotopic (exact) mass is 252 g/mol. The van der Waals surface area contributed by atoms with Crippen molar-refractivity contribution in [3.05, 3.63) is 33.9 Å². The van der Waals surface area contributed by atoms with Gasteiger partial charge in [0.05, 0.1) is 0 Å². The Labute approximate surface area is 91.6 Å². The van der Waals surface area contributed by atoms with Gasteiger partial charge in [-0.2, -0.15) is 0 Å². The maximum atomic E-state index is 5.54. The molecule has 3 N–H and O–H groups in total. The van der Waals surface area contributed by atoms with E-state index >= 15 is 0 Å². The number of hydrogen-bond acceptors (Lipinski definition) is 1. The SMILES string of the molecule is Cc1ccc2[nH]c(CCN)c(Br)c2c1. The van der Waals surface area contributed by atoms with Crippen LogP contribution in [0.1, 0.15) is 11.3 Å². The lowest BCUT2D eigenvalue weighted by Crippen LogP contribution is -2.03. The summed E-state index contributed by atoms with van der Waals surface area (Å²) in [6, 6.07) is 6.39. The predicted octanol–water partition coefficient (Wildman–Crippen LogP) is 2.74. The molecule has 0 aliphatic rings. The number of benzene rings is 1. The normalized spacial score (nSPS) is 11.1. The molecule has 0 aliphatic carbocycles. The number of hydrogen-bond donors (Lipinski definition) is 2. The van der Waals surface area contributed by atoms with Crippen LogP contribution >= 0.6 is 15.9 Å². The minimum absolute atomic E-state index is 0.671. The largest absolute Gasteiger partial charge is 0.357 e. The summed E-state index contributed by atoms with van der Waals surface area (Å²) in [6.07, 6.45) is 0.883. The Morgan fingerprint density at radius 3 is 2.93 bits per heavy atom. The van der Waals surface area contributed by atoms with Crippen LogP contribution in [-0.2, 0) is 6.42 Å². The van der Waals surface area contributed by atoms with Crippen LogP contribution in [0.3, 0.4) is 0 Å². The molecule has 0 unspecified atom stereocenters. The smallest absolute Gasteiger partial charge is 0.0468 e. The standard InChI is InChI=1S/C11H13BrN2/c1-7-2-3-9-8(6-7)11(12)10(14-9)4-5-13/h2-3,6,14H,4-5,13H2,1H3. The van der Waals surface area contributed by atoms with Crippen molar-refractivity contribution in [3.8, 4) is 0 Å². The average molecular weight is 253 g/mol. The molecule has 0 saturated heterocycles. The van der Waals surface area contributed by atoms with Crippen LogP contribution in [0.5, 0.6) is 0 Å². The fraction of sp³-hybridized carbons (Fsp3) is 0.273. The van der Waals surface area contributed by atoms with Gasteiger partial charge in [0.15, 0.2) is 0 Å². The molecule has 1 heterocycles. The third kappa shape index (κ3) is 1.57. The topological polar surface area (TPSA) is 41.8 Å². The van der Waals surface area contributed by atoms with E-state index in [0.717, 1.165) is 10.9 Å². The molecular weight excluding hydrogens is 240 g/mol. The van der Waals surface area contributed by atoms with Crippen LogP contribution in [0.25, 0.3) is 10.9 Å². The van der Waals surface area contributed by atoms with Crippen LogP contribution in [0.15, 0.2) is 22.7 Å². The fourth-order valence-electron chi connectivity index (χ4n) is 1.65. The first-order chi connectivity index (χ1) is 6.72. The van der Waals surface area contributed by atoms with E-state index in [1.54, 1.807) is 0 Å². The van der Waals surface area contributed by atoms with Crippen LogP contribution in [-0.4, -0.2) is 11.5 Å². The number of H-pyrrole nitrogens is 1. The van der Waals surface area contributed by atoms with Crippen molar-refractivity contribution in [2.75, 3.05) is 6.54 Å². The van der Waals surface area contributed by atoms with Crippen molar-refractivity contribution in [2.45, 2.75) is 13.3 Å². The van der Waals surface area contributed by atoms with Gasteiger partial charge in [-0.15, -0.1) is 0 Å². The summed E-state index contributed by atoms with van der Waals surface area (Å²) >= 11 is 3.60. The summed E-state index contributed by atoms with van der Waals surface area (Å²) in [4.78, 5) is 3.37. The number of nitrogens with one attached hydrogen (secondary N) is 1. The minimum atomic E-state index is 0.671. The van der Waals surface area contributed by atoms with E-state index in [1.807, 2.05) is 0 Å². The molecule has 0 saturated carbocycles. The van der Waals surface area contributed by atoms with Crippen molar-refractivity contribution in [3.63, 3.8) is 0 Å². The number of halogens is 1. The molecule has 74 valence electrons. The molecule has 2 aromatic rings. The highest BCUT2D eigenvalue weighted by atomic mass is 79.9. The molecule has 0 atom stereocenters. The lowest BCUT2D eigenvalue weighted by molar-refractivity contribution is 0.934. The molecule has 3 heteroatoms. The van der Waals surface area contributed by atoms with Gasteiger partial charge >= 0.3 is 0 Å². The van der Waals surface area contributed by atoms with E-state index in [4.69, 9.17) is 5.73 Å². The van der Waals surface area contributed by atoms with Gasteiger partial charge in [-0.1, -0.05) is 11.6 Å². The van der Waals surface area contributed by atoms with Gasteiger partial charge in [-0.3, -0.25) is 0 Å². The van der Waals surface area contributed by atoms with Crippen LogP contribution < -0.4 is 5.73 Å². The molecule has 2 rings (SSSR count). The molecule has 0 amide bonds. The summed E-state index contributed by atoms with van der Waals surface area (Å²) in [5.41, 5.74) is 9.18. The Hall–Kier alpha value is -0.800. The fourth-order valence-corrected chi connectivity index (χ4v) is 2.27. The maximum absolute atomic E-state index is 5.54. The van der Waals surface area contributed by atoms with Crippen molar-refractivity contribution < 1.29 is 0 Å². The zero-order chi connectivity index (χ0) is 10.1. The third-order valence-corrected chi connectivity index (χ3v) is 3.26. The Balaban J connectivity index is 2.62. The third-order valence-electron chi connectivity index (χ3n) is 2.36. The van der Waals surface area contributed by atoms with Gasteiger partial charge in [-0.25, -0.2) is 0 Å². The van der Waals surface area contributed by atoms with Gasteiger partial charge in [0.1, 0.15) is 0 Å². The summed E-state index contributed by atoms with van der Waals surface area (Å²) in [5.74, 6) is 0. The highest BCUT2D eigenvalue weighted by Gasteiger charge is 2.07. The van der Waals surface area contributed by atoms with Gasteiger partial charge in [0, 0.05) is 27.5 Å². The molecule has 0 radical (unpaired) electrons. The molecule has 14 heavy (non-hydrogen) atoms. The first kappa shape index (κ1) is 9.74. The number of rotatable bonds is 2. The van der Waals surface area contributed by atoms with Crippen molar-refractivity contribution in [1.82, 2.24) is 4.98 Å². The minimum Gasteiger partial charge on any atom is -0.357 e. The van der Waals surface area contributed by atoms with E-state index in [2.05, 4.69) is 46.0 Å². The van der Waals surface area contributed by atoms with Crippen molar-refractivity contribution in [2.24, 2.45) is 5.73 Å². The van der Waals surface area contributed by atoms with Gasteiger partial charge in [-0.05, 0) is 41.5 Å². The first-order valence-electron chi connectivity index (χ1n) is 4.69. The zero-order valence-corrected chi connectivity index (χ0v) is 9.69. The number of fused-ring (bicyclic) bond motifs is 1.